The zero-order valence-corrected chi connectivity index (χ0v) is 63.8. The first-order valence-corrected chi connectivity index (χ1v) is 37.2. The van der Waals surface area contributed by atoms with Gasteiger partial charge in [0.25, 0.3) is 0 Å². The third kappa shape index (κ3) is 31.2. The predicted octanol–water partition coefficient (Wildman–Crippen LogP) is -7.32. The van der Waals surface area contributed by atoms with Crippen LogP contribution in [0.5, 0.6) is 0 Å². The van der Waals surface area contributed by atoms with Crippen molar-refractivity contribution in [3.8, 4) is 0 Å². The summed E-state index contributed by atoms with van der Waals surface area (Å²) in [5.74, 6) is -16.6. The number of aliphatic carboxylic acids is 1. The van der Waals surface area contributed by atoms with Gasteiger partial charge in [0.15, 0.2) is 0 Å². The Balaban J connectivity index is 1.47. The summed E-state index contributed by atoms with van der Waals surface area (Å²) in [6, 6.07) is 9.66. The van der Waals surface area contributed by atoms with Gasteiger partial charge in [0.05, 0.1) is 51.0 Å². The number of carboxylic acid groups (broad SMARTS) is 1. The average molecular weight is 1610 g/mol. The Morgan fingerprint density at radius 1 is 0.383 bits per heavy atom. The largest absolute Gasteiger partial charge is 0.480 e. The number of carbonyl (C=O) groups excluding carboxylic acids is 14. The maximum Gasteiger partial charge on any atom is 0.328 e. The number of hydrogen-bond acceptors (Lipinski definition) is 23. The second-order valence-electron chi connectivity index (χ2n) is 27.4. The van der Waals surface area contributed by atoms with Gasteiger partial charge in [0, 0.05) is 42.8 Å². The van der Waals surface area contributed by atoms with Gasteiger partial charge in [-0.2, -0.15) is 0 Å². The fourth-order valence-corrected chi connectivity index (χ4v) is 11.7. The van der Waals surface area contributed by atoms with Crippen LogP contribution in [-0.2, 0) is 97.6 Å². The number of amides is 14. The maximum absolute atomic E-state index is 15.3. The molecule has 5 rings (SSSR count). The molecule has 0 radical (unpaired) electrons. The molecule has 0 saturated carbocycles. The number of fused-ring (bicyclic) bond motifs is 1. The Kier molecular flexibility index (Phi) is 39.3. The van der Waals surface area contributed by atoms with E-state index >= 15 is 14.4 Å². The van der Waals surface area contributed by atoms with E-state index in [-0.39, 0.29) is 64.5 Å². The van der Waals surface area contributed by atoms with E-state index in [0.29, 0.717) is 46.0 Å². The van der Waals surface area contributed by atoms with Crippen LogP contribution < -0.4 is 92.1 Å². The minimum Gasteiger partial charge on any atom is -0.480 e. The maximum atomic E-state index is 15.3. The van der Waals surface area contributed by atoms with Gasteiger partial charge in [-0.15, -0.1) is 0 Å². The molecule has 39 heteroatoms. The summed E-state index contributed by atoms with van der Waals surface area (Å²) in [5.41, 5.74) is 25.3. The quantitative estimate of drug-likeness (QED) is 0.0161. The first-order chi connectivity index (χ1) is 54.8. The van der Waals surface area contributed by atoms with E-state index in [1.807, 2.05) is 5.32 Å². The highest BCUT2D eigenvalue weighted by atomic mass is 16.4. The molecule has 0 aliphatic carbocycles. The van der Waals surface area contributed by atoms with Crippen LogP contribution in [0.15, 0.2) is 121 Å². The van der Waals surface area contributed by atoms with E-state index < -0.39 is 212 Å². The highest BCUT2D eigenvalue weighted by Gasteiger charge is 2.39. The van der Waals surface area contributed by atoms with Crippen molar-refractivity contribution in [1.82, 2.24) is 74.1 Å². The molecule has 0 unspecified atom stereocenters. The molecule has 1 heterocycles. The summed E-state index contributed by atoms with van der Waals surface area (Å²) in [5, 5.41) is 92.9. The lowest BCUT2D eigenvalue weighted by Crippen LogP contribution is -2.63. The molecular weight excluding hydrogens is 1500 g/mol. The number of hydrogen-bond donors (Lipinski definition) is 24. The van der Waals surface area contributed by atoms with Gasteiger partial charge in [-0.1, -0.05) is 109 Å². The predicted molar refractivity (Wildman–Crippen MR) is 414 cm³/mol. The van der Waals surface area contributed by atoms with Gasteiger partial charge in [0.1, 0.15) is 72.5 Å². The Morgan fingerprint density at radius 3 is 1.11 bits per heavy atom. The molecule has 4 aromatic carbocycles. The van der Waals surface area contributed by atoms with Crippen LogP contribution in [0.2, 0.25) is 0 Å². The molecule has 0 saturated heterocycles. The lowest BCUT2D eigenvalue weighted by Gasteiger charge is -2.29. The lowest BCUT2D eigenvalue weighted by atomic mass is 10.00. The number of aliphatic hydroxyl groups excluding tert-OH is 5. The number of aromatic amines is 1. The minimum absolute atomic E-state index is 0.115. The Hall–Kier alpha value is -11.8. The summed E-state index contributed by atoms with van der Waals surface area (Å²) in [4.78, 5) is 211. The molecule has 0 spiro atoms. The summed E-state index contributed by atoms with van der Waals surface area (Å²) in [7, 11) is 0. The first kappa shape index (κ1) is 93.7. The number of aromatic nitrogens is 1. The standard InChI is InChI=1S/C76H106N18O21/c1-41(79)64(102)82-37-61(101)83-57(38-95)72(110)85-50(27-15-17-29-77)65(103)89-56(35-60(80)100)70(108)87-52(31-44-19-7-4-8-20-44)67(105)86-53(32-45-21-9-5-10-22-45)68(106)88-55(34-47-36-81-49-26-14-13-25-48(47)49)69(107)84-51(28-16-18-30-78)66(104)93-62(42(2)98)74(112)90-54(33-46-23-11-6-12-24-46)71(109)94-63(43(3)99)75(113)91-58(39-96)73(111)92-59(40-97)76(114)115/h4-14,19-26,36,41-43,50-59,62-63,81,95-99H,15-18,27-35,37-40,77-79H2,1-3H3,(H2,80,100)(H,82,102)(H,83,101)(H,84,107)(H,85,110)(H,86,105)(H,87,108)(H,88,106)(H,89,103)(H,90,112)(H,91,113)(H,92,111)(H,93,104)(H,94,109)(H,114,115)/t41-,42+,43+,50-,51-,52-,53-,54-,55-,56-,57-,58-,59-,62-,63-/m0/s1. The van der Waals surface area contributed by atoms with Gasteiger partial charge in [0.2, 0.25) is 82.7 Å². The highest BCUT2D eigenvalue weighted by molar-refractivity contribution is 6.01. The molecule has 0 fully saturated rings. The van der Waals surface area contributed by atoms with Gasteiger partial charge < -0.3 is 128 Å². The van der Waals surface area contributed by atoms with Crippen LogP contribution >= 0.6 is 0 Å². The molecule has 0 bridgehead atoms. The second kappa shape index (κ2) is 48.3. The number of nitrogens with one attached hydrogen (secondary N) is 14. The van der Waals surface area contributed by atoms with Crippen LogP contribution in [-0.4, -0.2) is 254 Å². The SMILES string of the molecule is C[C@H](N)C(=O)NCC(=O)N[C@@H](CO)C(=O)N[C@@H](CCCCN)C(=O)N[C@@H](CC(N)=O)C(=O)N[C@@H](Cc1ccccc1)C(=O)N[C@@H](Cc1ccccc1)C(=O)N[C@@H](Cc1c[nH]c2ccccc12)C(=O)N[C@@H](CCCCN)C(=O)N[C@H](C(=O)N[C@@H](Cc1ccccc1)C(=O)N[C@H](C(=O)N[C@@H](CO)C(=O)N[C@@H](CO)C(=O)O)[C@@H](C)O)[C@@H](C)O. The number of unbranched alkanes of at least 4 members (excludes halogenated alkanes) is 2. The van der Waals surface area contributed by atoms with Gasteiger partial charge in [-0.05, 0) is 101 Å². The van der Waals surface area contributed by atoms with Crippen molar-refractivity contribution in [3.63, 3.8) is 0 Å². The first-order valence-electron chi connectivity index (χ1n) is 37.2. The molecule has 15 atom stereocenters. The molecule has 1 aromatic heterocycles. The summed E-state index contributed by atoms with van der Waals surface area (Å²) < 4.78 is 0. The van der Waals surface area contributed by atoms with Crippen molar-refractivity contribution < 1.29 is 103 Å². The van der Waals surface area contributed by atoms with E-state index in [1.165, 1.54) is 6.92 Å². The second-order valence-corrected chi connectivity index (χ2v) is 27.4. The van der Waals surface area contributed by atoms with Gasteiger partial charge >= 0.3 is 5.97 Å². The third-order valence-corrected chi connectivity index (χ3v) is 18.1. The smallest absolute Gasteiger partial charge is 0.328 e. The lowest BCUT2D eigenvalue weighted by molar-refractivity contribution is -0.143. The molecule has 626 valence electrons. The topological polar surface area (TPSA) is 654 Å². The van der Waals surface area contributed by atoms with Crippen molar-refractivity contribution in [3.05, 3.63) is 144 Å². The Morgan fingerprint density at radius 2 is 0.713 bits per heavy atom. The zero-order chi connectivity index (χ0) is 84.8. The van der Waals surface area contributed by atoms with E-state index in [9.17, 15) is 88.2 Å². The Labute approximate surface area is 661 Å². The minimum atomic E-state index is -1.93. The number of primary amides is 1. The molecule has 39 nitrogen and oxygen atoms in total. The van der Waals surface area contributed by atoms with Crippen LogP contribution in [0.3, 0.4) is 0 Å². The van der Waals surface area contributed by atoms with Crippen molar-refractivity contribution >= 4 is 99.6 Å². The molecule has 14 amide bonds. The third-order valence-electron chi connectivity index (χ3n) is 18.1. The summed E-state index contributed by atoms with van der Waals surface area (Å²) in [6.07, 6.45) is -3.33. The van der Waals surface area contributed by atoms with Crippen LogP contribution in [0.1, 0.15) is 88.0 Å². The number of carboxylic acids is 1. The monoisotopic (exact) mass is 1610 g/mol. The number of para-hydroxylation sites is 1. The highest BCUT2D eigenvalue weighted by Crippen LogP contribution is 2.21. The van der Waals surface area contributed by atoms with Gasteiger partial charge in [-0.25, -0.2) is 4.79 Å². The van der Waals surface area contributed by atoms with Crippen molar-refractivity contribution in [2.45, 2.75) is 182 Å². The van der Waals surface area contributed by atoms with Crippen LogP contribution in [0.4, 0.5) is 0 Å². The summed E-state index contributed by atoms with van der Waals surface area (Å²) in [6.45, 7) is 0.0463. The number of carbonyl (C=O) groups is 15. The molecule has 0 aliphatic rings. The van der Waals surface area contributed by atoms with E-state index in [2.05, 4.69) is 68.8 Å². The van der Waals surface area contributed by atoms with Crippen LogP contribution in [0.25, 0.3) is 10.9 Å². The van der Waals surface area contributed by atoms with Crippen molar-refractivity contribution in [1.29, 1.82) is 0 Å². The van der Waals surface area contributed by atoms with Crippen LogP contribution in [0, 0.1) is 0 Å². The van der Waals surface area contributed by atoms with Crippen molar-refractivity contribution in [2.75, 3.05) is 39.5 Å². The Bertz CT molecular complexity index is 4080. The van der Waals surface area contributed by atoms with E-state index in [1.54, 1.807) is 121 Å². The number of H-pyrrole nitrogens is 1. The fourth-order valence-electron chi connectivity index (χ4n) is 11.7. The molecule has 5 aromatic rings. The molecule has 0 aliphatic heterocycles. The molecule has 28 N–H and O–H groups in total. The average Bonchev–Trinajstić information content (AvgIpc) is 1.73. The summed E-state index contributed by atoms with van der Waals surface area (Å²) >= 11 is 0. The number of benzene rings is 4. The number of rotatable bonds is 50. The molecule has 115 heavy (non-hydrogen) atoms. The molecular formula is C76H106N18O21. The zero-order valence-electron chi connectivity index (χ0n) is 63.8. The van der Waals surface area contributed by atoms with Crippen molar-refractivity contribution in [2.24, 2.45) is 22.9 Å². The number of nitrogens with two attached hydrogens (primary N) is 4. The normalized spacial score (nSPS) is 15.1. The fraction of sp³-hybridized carbons (Fsp3) is 0.461. The van der Waals surface area contributed by atoms with Gasteiger partial charge in [-0.3, -0.25) is 67.1 Å². The van der Waals surface area contributed by atoms with E-state index in [0.717, 1.165) is 13.8 Å². The number of aliphatic hydroxyl groups is 5. The van der Waals surface area contributed by atoms with E-state index in [4.69, 9.17) is 22.9 Å².